The molecule has 0 aromatic heterocycles. The average Bonchev–Trinajstić information content (AvgIpc) is 2.96. The van der Waals surface area contributed by atoms with Gasteiger partial charge >= 0.3 is 35.4 Å². The second kappa shape index (κ2) is 22.8. The fourth-order valence-electron chi connectivity index (χ4n) is 4.58. The zero-order chi connectivity index (χ0) is 35.8. The van der Waals surface area contributed by atoms with Gasteiger partial charge in [0.25, 0.3) is 0 Å². The summed E-state index contributed by atoms with van der Waals surface area (Å²) in [5.74, 6) is -1.33. The summed E-state index contributed by atoms with van der Waals surface area (Å²) in [5, 5.41) is 31.4. The zero-order valence-electron chi connectivity index (χ0n) is 27.1. The van der Waals surface area contributed by atoms with Gasteiger partial charge < -0.3 is 55.4 Å². The highest BCUT2D eigenvalue weighted by Crippen LogP contribution is 2.51. The van der Waals surface area contributed by atoms with E-state index in [1.807, 2.05) is 13.8 Å². The van der Waals surface area contributed by atoms with Crippen molar-refractivity contribution in [2.24, 2.45) is 0 Å². The maximum absolute atomic E-state index is 12.8. The first-order valence-electron chi connectivity index (χ1n) is 15.3. The Kier molecular flexibility index (Phi) is 22.4. The molecule has 11 N–H and O–H groups in total. The van der Waals surface area contributed by atoms with E-state index in [9.17, 15) is 53.3 Å². The molecular weight excluding hydrogens is 711 g/mol. The quantitative estimate of drug-likeness (QED) is 0.0385. The molecule has 0 radical (unpaired) electrons. The van der Waals surface area contributed by atoms with E-state index in [1.54, 1.807) is 0 Å². The summed E-state index contributed by atoms with van der Waals surface area (Å²) in [5.41, 5.74) is 0. The lowest BCUT2D eigenvalue weighted by molar-refractivity contribution is -0.213. The molecule has 0 bridgehead atoms. The van der Waals surface area contributed by atoms with Gasteiger partial charge in [-0.25, -0.2) is 13.7 Å². The molecule has 8 atom stereocenters. The van der Waals surface area contributed by atoms with Gasteiger partial charge in [0.05, 0.1) is 6.61 Å². The number of phosphoric acid groups is 3. The van der Waals surface area contributed by atoms with Crippen molar-refractivity contribution in [2.45, 2.75) is 134 Å². The molecule has 1 rings (SSSR count). The maximum Gasteiger partial charge on any atom is 0.472 e. The summed E-state index contributed by atoms with van der Waals surface area (Å²) in [6, 6.07) is 0. The van der Waals surface area contributed by atoms with Gasteiger partial charge in [-0.05, 0) is 12.8 Å². The summed E-state index contributed by atoms with van der Waals surface area (Å²) in [4.78, 5) is 71.6. The molecule has 0 aromatic rings. The van der Waals surface area contributed by atoms with Crippen LogP contribution in [0.5, 0.6) is 0 Å². The highest BCUT2D eigenvalue weighted by molar-refractivity contribution is 7.47. The molecule has 1 fully saturated rings. The van der Waals surface area contributed by atoms with Gasteiger partial charge in [0.15, 0.2) is 6.10 Å². The Balaban J connectivity index is 0.0000221. The summed E-state index contributed by atoms with van der Waals surface area (Å²) in [6.07, 6.45) is -7.79. The van der Waals surface area contributed by atoms with Crippen LogP contribution in [0.25, 0.3) is 0 Å². The minimum Gasteiger partial charge on any atom is -0.462 e. The number of aliphatic hydroxyl groups excluding tert-OH is 3. The van der Waals surface area contributed by atoms with Crippen molar-refractivity contribution in [1.29, 1.82) is 0 Å². The van der Waals surface area contributed by atoms with Crippen LogP contribution in [0.2, 0.25) is 0 Å². The molecule has 0 amide bonds. The Bertz CT molecular complexity index is 1090. The number of ether oxygens (including phenoxy) is 2. The van der Waals surface area contributed by atoms with E-state index in [1.165, 1.54) is 0 Å². The molecular formula is C25H52NO19P3. The van der Waals surface area contributed by atoms with Gasteiger partial charge in [-0.3, -0.25) is 27.7 Å². The number of esters is 2. The van der Waals surface area contributed by atoms with Gasteiger partial charge in [-0.15, -0.1) is 0 Å². The number of hydrogen-bond donors (Lipinski definition) is 9. The van der Waals surface area contributed by atoms with E-state index < -0.39 is 91.3 Å². The first-order valence-corrected chi connectivity index (χ1v) is 19.9. The van der Waals surface area contributed by atoms with Crippen LogP contribution in [-0.2, 0) is 50.9 Å². The van der Waals surface area contributed by atoms with Crippen LogP contribution in [0.3, 0.4) is 0 Å². The van der Waals surface area contributed by atoms with Crippen molar-refractivity contribution in [3.63, 3.8) is 0 Å². The lowest BCUT2D eigenvalue weighted by Crippen LogP contribution is -2.65. The summed E-state index contributed by atoms with van der Waals surface area (Å²) < 4.78 is 64.2. The zero-order valence-corrected chi connectivity index (χ0v) is 29.7. The molecule has 0 aliphatic heterocycles. The van der Waals surface area contributed by atoms with Gasteiger partial charge in [0.2, 0.25) is 0 Å². The smallest absolute Gasteiger partial charge is 0.462 e. The maximum atomic E-state index is 12.8. The predicted octanol–water partition coefficient (Wildman–Crippen LogP) is 1.88. The topological polar surface area (TPSA) is 338 Å². The lowest BCUT2D eigenvalue weighted by atomic mass is 9.85. The van der Waals surface area contributed by atoms with Gasteiger partial charge in [0, 0.05) is 12.8 Å². The molecule has 0 heterocycles. The van der Waals surface area contributed by atoms with Gasteiger partial charge in [0.1, 0.15) is 43.2 Å². The Labute approximate surface area is 279 Å². The van der Waals surface area contributed by atoms with Crippen LogP contribution in [0.15, 0.2) is 0 Å². The summed E-state index contributed by atoms with van der Waals surface area (Å²) >= 11 is 0. The van der Waals surface area contributed by atoms with Crippen LogP contribution < -0.4 is 6.15 Å². The monoisotopic (exact) mass is 763 g/mol. The fourth-order valence-corrected chi connectivity index (χ4v) is 6.68. The molecule has 0 spiro atoms. The van der Waals surface area contributed by atoms with Crippen molar-refractivity contribution in [2.75, 3.05) is 13.2 Å². The van der Waals surface area contributed by atoms with Crippen molar-refractivity contribution in [3.05, 3.63) is 0 Å². The Morgan fingerprint density at radius 2 is 1.04 bits per heavy atom. The second-order valence-corrected chi connectivity index (χ2v) is 14.8. The van der Waals surface area contributed by atoms with E-state index in [0.29, 0.717) is 12.8 Å². The second-order valence-electron chi connectivity index (χ2n) is 11.1. The molecule has 48 heavy (non-hydrogen) atoms. The van der Waals surface area contributed by atoms with E-state index in [0.717, 1.165) is 51.4 Å². The Morgan fingerprint density at radius 1 is 0.604 bits per heavy atom. The van der Waals surface area contributed by atoms with Crippen LogP contribution in [-0.4, -0.2) is 108 Å². The highest BCUT2D eigenvalue weighted by Gasteiger charge is 2.56. The lowest BCUT2D eigenvalue weighted by Gasteiger charge is -2.44. The van der Waals surface area contributed by atoms with Crippen LogP contribution >= 0.6 is 23.5 Å². The average molecular weight is 764 g/mol. The fraction of sp³-hybridized carbons (Fsp3) is 0.920. The van der Waals surface area contributed by atoms with Crippen molar-refractivity contribution in [1.82, 2.24) is 6.15 Å². The largest absolute Gasteiger partial charge is 0.472 e. The minimum atomic E-state index is -5.57. The van der Waals surface area contributed by atoms with E-state index in [4.69, 9.17) is 28.3 Å². The number of carbonyl (C=O) groups is 2. The normalized spacial score (nSPS) is 25.0. The number of unbranched alkanes of at least 4 members (excludes halogenated alkanes) is 8. The Hall–Kier alpha value is -0.890. The number of rotatable bonds is 24. The van der Waals surface area contributed by atoms with Crippen molar-refractivity contribution in [3.8, 4) is 0 Å². The molecule has 1 saturated carbocycles. The van der Waals surface area contributed by atoms with Crippen molar-refractivity contribution < 1.29 is 90.6 Å². The third kappa shape index (κ3) is 19.5. The molecule has 1 aliphatic carbocycles. The first-order chi connectivity index (χ1) is 21.8. The standard InChI is InChI=1S/C25H49O19P3.H3N/c1-3-5-7-9-11-13-18(26)39-15-17(41-19(27)14-12-10-8-6-4-2)16-40-47(37,38)44-23-20(28)21(29)24(42-45(31,32)33)25(22(23)30)43-46(34,35)36;/h17,20-25,28-30H,3-16H2,1-2H3,(H,37,38)(H2,31,32,33)(H2,34,35,36);1H3/t17-,20-,21-,22+,23+,24+,25+;/m1./s1. The van der Waals surface area contributed by atoms with Crippen LogP contribution in [0.4, 0.5) is 0 Å². The summed E-state index contributed by atoms with van der Waals surface area (Å²) in [7, 11) is -16.5. The molecule has 20 nitrogen and oxygen atoms in total. The van der Waals surface area contributed by atoms with Crippen molar-refractivity contribution >= 4 is 35.4 Å². The van der Waals surface area contributed by atoms with E-state index in [-0.39, 0.29) is 19.0 Å². The number of aliphatic hydroxyl groups is 3. The molecule has 286 valence electrons. The molecule has 0 saturated heterocycles. The Morgan fingerprint density at radius 3 is 1.52 bits per heavy atom. The van der Waals surface area contributed by atoms with E-state index in [2.05, 4.69) is 9.05 Å². The predicted molar refractivity (Wildman–Crippen MR) is 165 cm³/mol. The SMILES string of the molecule is CCCCCCCC(=O)OC[C@H](COP(=O)(O)O[C@H]1[C@H](O)[C@@H](O)[C@H](OP(=O)(O)O)[C@@H](OP(=O)(O)O)[C@H]1O)OC(=O)CCCCCCC.N. The van der Waals surface area contributed by atoms with Gasteiger partial charge in [-0.1, -0.05) is 65.2 Å². The molecule has 23 heteroatoms. The number of phosphoric ester groups is 3. The van der Waals surface area contributed by atoms with E-state index >= 15 is 0 Å². The number of carbonyl (C=O) groups excluding carboxylic acids is 2. The summed E-state index contributed by atoms with van der Waals surface area (Å²) in [6.45, 7) is 2.59. The number of hydrogen-bond acceptors (Lipinski definition) is 15. The third-order valence-corrected chi connectivity index (χ3v) is 8.94. The first kappa shape index (κ1) is 47.1. The van der Waals surface area contributed by atoms with Crippen LogP contribution in [0, 0.1) is 0 Å². The molecule has 1 aliphatic rings. The minimum absolute atomic E-state index is 0. The highest BCUT2D eigenvalue weighted by atomic mass is 31.2. The van der Waals surface area contributed by atoms with Gasteiger partial charge in [-0.2, -0.15) is 0 Å². The molecule has 0 aromatic carbocycles. The van der Waals surface area contributed by atoms with Crippen LogP contribution in [0.1, 0.15) is 90.9 Å². The third-order valence-electron chi connectivity index (χ3n) is 6.91. The molecule has 1 unspecified atom stereocenters.